The predicted octanol–water partition coefficient (Wildman–Crippen LogP) is 4.22. The summed E-state index contributed by atoms with van der Waals surface area (Å²) in [7, 11) is 2.18. The molecule has 2 heterocycles. The van der Waals surface area contributed by atoms with Gasteiger partial charge in [-0.25, -0.2) is 0 Å². The Balaban J connectivity index is 1.94. The first-order valence-corrected chi connectivity index (χ1v) is 7.69. The number of para-hydroxylation sites is 1. The largest absolute Gasteiger partial charge is 0.399 e. The lowest BCUT2D eigenvalue weighted by Crippen LogP contribution is -2.31. The second kappa shape index (κ2) is 4.29. The van der Waals surface area contributed by atoms with Gasteiger partial charge in [0.2, 0.25) is 0 Å². The number of nitrogens with two attached hydrogens (primary N) is 1. The van der Waals surface area contributed by atoms with Crippen LogP contribution < -0.4 is 10.6 Å². The lowest BCUT2D eigenvalue weighted by Gasteiger charge is -2.32. The number of aromatic amines is 1. The third-order valence-corrected chi connectivity index (χ3v) is 5.08. The van der Waals surface area contributed by atoms with E-state index in [0.29, 0.717) is 6.04 Å². The fraction of sp³-hybridized carbons (Fsp3) is 0.263. The van der Waals surface area contributed by atoms with Crippen molar-refractivity contribution in [1.82, 2.24) is 4.98 Å². The second-order valence-electron chi connectivity index (χ2n) is 6.80. The molecule has 0 saturated heterocycles. The average Bonchev–Trinajstić information content (AvgIpc) is 2.97. The van der Waals surface area contributed by atoms with Gasteiger partial charge in [-0.1, -0.05) is 32.0 Å². The van der Waals surface area contributed by atoms with Crippen LogP contribution in [0.15, 0.2) is 48.7 Å². The number of hydrogen-bond acceptors (Lipinski definition) is 2. The Morgan fingerprint density at radius 3 is 2.68 bits per heavy atom. The van der Waals surface area contributed by atoms with Crippen LogP contribution in [0.4, 0.5) is 11.4 Å². The van der Waals surface area contributed by atoms with Gasteiger partial charge >= 0.3 is 0 Å². The molecule has 22 heavy (non-hydrogen) atoms. The molecule has 0 fully saturated rings. The van der Waals surface area contributed by atoms with Gasteiger partial charge in [-0.2, -0.15) is 0 Å². The third-order valence-electron chi connectivity index (χ3n) is 5.08. The van der Waals surface area contributed by atoms with Crippen LogP contribution in [0, 0.1) is 0 Å². The van der Waals surface area contributed by atoms with E-state index in [-0.39, 0.29) is 5.41 Å². The summed E-state index contributed by atoms with van der Waals surface area (Å²) in [6.45, 7) is 4.65. The summed E-state index contributed by atoms with van der Waals surface area (Å²) in [5.41, 5.74) is 12.0. The third kappa shape index (κ3) is 1.62. The average molecular weight is 291 g/mol. The highest BCUT2D eigenvalue weighted by Crippen LogP contribution is 2.52. The molecule has 112 valence electrons. The van der Waals surface area contributed by atoms with Crippen molar-refractivity contribution in [2.75, 3.05) is 17.7 Å². The number of likely N-dealkylation sites (N-methyl/N-ethyl adjacent to an activating group) is 1. The summed E-state index contributed by atoms with van der Waals surface area (Å²) in [5.74, 6) is 0. The minimum Gasteiger partial charge on any atom is -0.399 e. The van der Waals surface area contributed by atoms with Crippen molar-refractivity contribution in [3.05, 3.63) is 59.8 Å². The van der Waals surface area contributed by atoms with Crippen molar-refractivity contribution in [2.45, 2.75) is 25.3 Å². The maximum atomic E-state index is 6.01. The zero-order valence-electron chi connectivity index (χ0n) is 13.2. The smallest absolute Gasteiger partial charge is 0.0652 e. The van der Waals surface area contributed by atoms with Gasteiger partial charge in [0, 0.05) is 46.5 Å². The van der Waals surface area contributed by atoms with Crippen LogP contribution in [0.2, 0.25) is 0 Å². The van der Waals surface area contributed by atoms with Crippen molar-refractivity contribution in [3.63, 3.8) is 0 Å². The number of nitrogens with one attached hydrogen (secondary N) is 1. The van der Waals surface area contributed by atoms with E-state index in [1.54, 1.807) is 0 Å². The lowest BCUT2D eigenvalue weighted by molar-refractivity contribution is 0.443. The van der Waals surface area contributed by atoms with Crippen LogP contribution in [0.5, 0.6) is 0 Å². The molecule has 1 aliphatic rings. The zero-order chi connectivity index (χ0) is 15.5. The van der Waals surface area contributed by atoms with E-state index < -0.39 is 0 Å². The van der Waals surface area contributed by atoms with Crippen LogP contribution in [0.1, 0.15) is 31.0 Å². The van der Waals surface area contributed by atoms with Crippen molar-refractivity contribution < 1.29 is 0 Å². The highest BCUT2D eigenvalue weighted by Gasteiger charge is 2.44. The van der Waals surface area contributed by atoms with Gasteiger partial charge in [0.05, 0.1) is 6.04 Å². The fourth-order valence-corrected chi connectivity index (χ4v) is 4.08. The predicted molar refractivity (Wildman–Crippen MR) is 93.3 cm³/mol. The van der Waals surface area contributed by atoms with E-state index in [2.05, 4.69) is 73.4 Å². The van der Waals surface area contributed by atoms with Crippen molar-refractivity contribution >= 4 is 22.3 Å². The molecule has 2 aromatic carbocycles. The Kier molecular flexibility index (Phi) is 2.59. The topological polar surface area (TPSA) is 45.0 Å². The molecular weight excluding hydrogens is 270 g/mol. The molecule has 0 spiro atoms. The van der Waals surface area contributed by atoms with Crippen LogP contribution in [-0.4, -0.2) is 12.0 Å². The number of aromatic nitrogens is 1. The van der Waals surface area contributed by atoms with Gasteiger partial charge in [-0.05, 0) is 29.8 Å². The van der Waals surface area contributed by atoms with E-state index in [1.165, 1.54) is 22.2 Å². The minimum absolute atomic E-state index is 0.0467. The summed E-state index contributed by atoms with van der Waals surface area (Å²) in [6, 6.07) is 15.1. The van der Waals surface area contributed by atoms with Crippen LogP contribution in [0.3, 0.4) is 0 Å². The van der Waals surface area contributed by atoms with Crippen LogP contribution >= 0.6 is 0 Å². The summed E-state index contributed by atoms with van der Waals surface area (Å²) in [5, 5.41) is 1.22. The Hall–Kier alpha value is -2.42. The number of H-pyrrole nitrogens is 1. The number of nitrogen functional groups attached to an aromatic ring is 1. The molecule has 0 aliphatic carbocycles. The van der Waals surface area contributed by atoms with E-state index in [4.69, 9.17) is 5.73 Å². The van der Waals surface area contributed by atoms with E-state index >= 15 is 0 Å². The van der Waals surface area contributed by atoms with E-state index in [0.717, 1.165) is 11.2 Å². The first-order valence-electron chi connectivity index (χ1n) is 7.69. The summed E-state index contributed by atoms with van der Waals surface area (Å²) in [4.78, 5) is 5.79. The molecular formula is C19H21N3. The van der Waals surface area contributed by atoms with Crippen LogP contribution in [-0.2, 0) is 5.41 Å². The quantitative estimate of drug-likeness (QED) is 0.659. The zero-order valence-corrected chi connectivity index (χ0v) is 13.2. The van der Waals surface area contributed by atoms with Gasteiger partial charge in [0.1, 0.15) is 0 Å². The molecule has 1 atom stereocenters. The summed E-state index contributed by atoms with van der Waals surface area (Å²) < 4.78 is 0. The molecule has 0 bridgehead atoms. The van der Waals surface area contributed by atoms with Gasteiger partial charge < -0.3 is 15.6 Å². The molecule has 1 unspecified atom stereocenters. The molecule has 3 aromatic rings. The number of nitrogens with zero attached hydrogens (tertiary/aromatic N) is 1. The van der Waals surface area contributed by atoms with Gasteiger partial charge in [-0.3, -0.25) is 0 Å². The van der Waals surface area contributed by atoms with Gasteiger partial charge in [-0.15, -0.1) is 0 Å². The number of fused-ring (bicyclic) bond motifs is 2. The molecule has 4 rings (SSSR count). The van der Waals surface area contributed by atoms with Gasteiger partial charge in [0.25, 0.3) is 0 Å². The van der Waals surface area contributed by atoms with Crippen molar-refractivity contribution in [1.29, 1.82) is 0 Å². The van der Waals surface area contributed by atoms with Crippen molar-refractivity contribution in [3.8, 4) is 0 Å². The summed E-state index contributed by atoms with van der Waals surface area (Å²) >= 11 is 0. The van der Waals surface area contributed by atoms with Gasteiger partial charge in [0.15, 0.2) is 0 Å². The maximum absolute atomic E-state index is 6.01. The molecule has 1 aromatic heterocycles. The molecule has 3 nitrogen and oxygen atoms in total. The lowest BCUT2D eigenvalue weighted by atomic mass is 9.77. The minimum atomic E-state index is 0.0467. The van der Waals surface area contributed by atoms with E-state index in [9.17, 15) is 0 Å². The summed E-state index contributed by atoms with van der Waals surface area (Å²) in [6.07, 6.45) is 2.14. The molecule has 3 N–H and O–H groups in total. The Labute approximate surface area is 130 Å². The first kappa shape index (κ1) is 13.3. The number of rotatable bonds is 1. The monoisotopic (exact) mass is 291 g/mol. The Morgan fingerprint density at radius 2 is 1.91 bits per heavy atom. The van der Waals surface area contributed by atoms with E-state index in [1.807, 2.05) is 6.07 Å². The molecule has 1 aliphatic heterocycles. The van der Waals surface area contributed by atoms with Crippen molar-refractivity contribution in [2.24, 2.45) is 0 Å². The molecule has 0 amide bonds. The fourth-order valence-electron chi connectivity index (χ4n) is 4.08. The van der Waals surface area contributed by atoms with Crippen LogP contribution in [0.25, 0.3) is 10.9 Å². The normalized spacial score (nSPS) is 19.6. The highest BCUT2D eigenvalue weighted by atomic mass is 15.2. The maximum Gasteiger partial charge on any atom is 0.0652 e. The second-order valence-corrected chi connectivity index (χ2v) is 6.80. The standard InChI is InChI=1S/C19H21N3/c1-19(2)15-6-4-5-7-17(15)22(3)18(19)14-11-21-16-9-8-12(20)10-13(14)16/h4-11,18,21H,20H2,1-3H3. The number of anilines is 2. The highest BCUT2D eigenvalue weighted by molar-refractivity contribution is 5.87. The Bertz CT molecular complexity index is 860. The first-order chi connectivity index (χ1) is 10.5. The molecule has 3 heteroatoms. The number of hydrogen-bond donors (Lipinski definition) is 2. The SMILES string of the molecule is CN1c2ccccc2C(C)(C)C1c1c[nH]c2ccc(N)cc12. The molecule has 0 saturated carbocycles. The number of benzene rings is 2. The molecule has 0 radical (unpaired) electrons. The Morgan fingerprint density at radius 1 is 1.14 bits per heavy atom.